The van der Waals surface area contributed by atoms with Crippen LogP contribution in [-0.4, -0.2) is 41.8 Å². The lowest BCUT2D eigenvalue weighted by molar-refractivity contribution is -0.137. The van der Waals surface area contributed by atoms with Gasteiger partial charge in [0.1, 0.15) is 5.75 Å². The van der Waals surface area contributed by atoms with Gasteiger partial charge in [-0.05, 0) is 31.0 Å². The first kappa shape index (κ1) is 17.4. The first-order chi connectivity index (χ1) is 10.8. The molecule has 2 rings (SSSR count). The Bertz CT molecular complexity index is 563. The molecular weight excluding hydrogens is 313 g/mol. The number of benzene rings is 1. The summed E-state index contributed by atoms with van der Waals surface area (Å²) < 4.78 is 43.9. The molecule has 2 N–H and O–H groups in total. The van der Waals surface area contributed by atoms with E-state index in [1.807, 2.05) is 6.92 Å². The van der Waals surface area contributed by atoms with Gasteiger partial charge in [-0.2, -0.15) is 13.2 Å². The zero-order valence-electron chi connectivity index (χ0n) is 12.7. The first-order valence-electron chi connectivity index (χ1n) is 7.39. The Morgan fingerprint density at radius 3 is 2.78 bits per heavy atom. The van der Waals surface area contributed by atoms with E-state index in [4.69, 9.17) is 4.74 Å². The molecule has 5 nitrogen and oxygen atoms in total. The molecule has 0 saturated carbocycles. The summed E-state index contributed by atoms with van der Waals surface area (Å²) in [5.41, 5.74) is -0.891. The molecule has 1 saturated heterocycles. The lowest BCUT2D eigenvalue weighted by atomic mass is 10.1. The smallest absolute Gasteiger partial charge is 0.416 e. The van der Waals surface area contributed by atoms with Crippen LogP contribution in [0.2, 0.25) is 0 Å². The molecule has 1 heterocycles. The number of carbonyl (C=O) groups is 1. The average molecular weight is 332 g/mol. The summed E-state index contributed by atoms with van der Waals surface area (Å²) in [6.45, 7) is 2.72. The average Bonchev–Trinajstić information content (AvgIpc) is 2.91. The quantitative estimate of drug-likeness (QED) is 0.891. The van der Waals surface area contributed by atoms with E-state index in [1.54, 1.807) is 0 Å². The third kappa shape index (κ3) is 4.51. The summed E-state index contributed by atoms with van der Waals surface area (Å²) in [5.74, 6) is 0.188. The van der Waals surface area contributed by atoms with Crippen LogP contribution in [0.4, 0.5) is 23.7 Å². The fraction of sp³-hybridized carbons (Fsp3) is 0.533. The van der Waals surface area contributed by atoms with Crippen molar-refractivity contribution in [2.75, 3.05) is 25.0 Å². The molecule has 1 aromatic carbocycles. The predicted octanol–water partition coefficient (Wildman–Crippen LogP) is 3.09. The fourth-order valence-electron chi connectivity index (χ4n) is 2.26. The molecule has 8 heteroatoms. The number of rotatable bonds is 4. The number of alkyl halides is 3. The van der Waals surface area contributed by atoms with Gasteiger partial charge in [-0.25, -0.2) is 4.79 Å². The van der Waals surface area contributed by atoms with Crippen molar-refractivity contribution in [3.05, 3.63) is 23.8 Å². The van der Waals surface area contributed by atoms with E-state index in [1.165, 1.54) is 11.0 Å². The predicted molar refractivity (Wildman–Crippen MR) is 78.4 cm³/mol. The number of β-amino-alcohol motifs (C(OH)–C–C–N with tert-alkyl or cyclic N) is 1. The topological polar surface area (TPSA) is 61.8 Å². The summed E-state index contributed by atoms with van der Waals surface area (Å²) >= 11 is 0. The van der Waals surface area contributed by atoms with Gasteiger partial charge >= 0.3 is 12.2 Å². The molecule has 23 heavy (non-hydrogen) atoms. The molecule has 0 unspecified atom stereocenters. The van der Waals surface area contributed by atoms with Crippen LogP contribution in [0.1, 0.15) is 25.3 Å². The van der Waals surface area contributed by atoms with Crippen molar-refractivity contribution in [2.45, 2.75) is 32.0 Å². The minimum atomic E-state index is -4.51. The van der Waals surface area contributed by atoms with Crippen LogP contribution in [0, 0.1) is 0 Å². The molecule has 128 valence electrons. The molecule has 0 aromatic heterocycles. The molecule has 2 amide bonds. The van der Waals surface area contributed by atoms with Gasteiger partial charge in [0, 0.05) is 13.1 Å². The van der Waals surface area contributed by atoms with Crippen molar-refractivity contribution in [1.29, 1.82) is 0 Å². The van der Waals surface area contributed by atoms with Gasteiger partial charge in [-0.1, -0.05) is 6.92 Å². The van der Waals surface area contributed by atoms with Crippen LogP contribution < -0.4 is 10.1 Å². The number of hydrogen-bond acceptors (Lipinski definition) is 3. The maximum atomic E-state index is 12.8. The molecule has 1 aliphatic heterocycles. The number of aliphatic hydroxyl groups is 1. The zero-order valence-corrected chi connectivity index (χ0v) is 12.7. The molecule has 0 spiro atoms. The second kappa shape index (κ2) is 7.08. The number of halogens is 3. The number of likely N-dealkylation sites (tertiary alicyclic amines) is 1. The van der Waals surface area contributed by atoms with Crippen molar-refractivity contribution >= 4 is 11.7 Å². The number of nitrogens with one attached hydrogen (secondary N) is 1. The van der Waals surface area contributed by atoms with Crippen molar-refractivity contribution in [2.24, 2.45) is 0 Å². The summed E-state index contributed by atoms with van der Waals surface area (Å²) in [5, 5.41) is 11.9. The number of nitrogens with zero attached hydrogens (tertiary/aromatic N) is 1. The lowest BCUT2D eigenvalue weighted by Crippen LogP contribution is -2.33. The third-order valence-corrected chi connectivity index (χ3v) is 3.46. The Kier molecular flexibility index (Phi) is 5.35. The first-order valence-corrected chi connectivity index (χ1v) is 7.39. The second-order valence-corrected chi connectivity index (χ2v) is 5.38. The number of urea groups is 1. The van der Waals surface area contributed by atoms with Gasteiger partial charge in [0.2, 0.25) is 0 Å². The molecule has 1 aliphatic rings. The Labute approximate surface area is 132 Å². The molecule has 1 aromatic rings. The second-order valence-electron chi connectivity index (χ2n) is 5.38. The summed E-state index contributed by atoms with van der Waals surface area (Å²) in [4.78, 5) is 13.5. The SMILES string of the molecule is CCCOc1ccc(C(F)(F)F)cc1NC(=O)N1CC[C@H](O)C1. The summed E-state index contributed by atoms with van der Waals surface area (Å²) in [7, 11) is 0. The van der Waals surface area contributed by atoms with Gasteiger partial charge in [0.25, 0.3) is 0 Å². The largest absolute Gasteiger partial charge is 0.491 e. The molecule has 1 fully saturated rings. The number of aliphatic hydroxyl groups excluding tert-OH is 1. The van der Waals surface area contributed by atoms with Gasteiger partial charge in [0.05, 0.1) is 24.0 Å². The summed E-state index contributed by atoms with van der Waals surface area (Å²) in [6.07, 6.45) is -3.97. The number of carbonyl (C=O) groups excluding carboxylic acids is 1. The van der Waals surface area contributed by atoms with Gasteiger partial charge in [-0.3, -0.25) is 0 Å². The van der Waals surface area contributed by atoms with Crippen molar-refractivity contribution < 1.29 is 27.8 Å². The van der Waals surface area contributed by atoms with Gasteiger partial charge in [-0.15, -0.1) is 0 Å². The molecule has 0 bridgehead atoms. The van der Waals surface area contributed by atoms with Crippen molar-refractivity contribution in [3.63, 3.8) is 0 Å². The Morgan fingerprint density at radius 1 is 1.48 bits per heavy atom. The minimum Gasteiger partial charge on any atom is -0.491 e. The highest BCUT2D eigenvalue weighted by atomic mass is 19.4. The maximum absolute atomic E-state index is 12.8. The van der Waals surface area contributed by atoms with Gasteiger partial charge in [0.15, 0.2) is 0 Å². The summed E-state index contributed by atoms with van der Waals surface area (Å²) in [6, 6.07) is 2.42. The Balaban J connectivity index is 2.20. The fourth-order valence-corrected chi connectivity index (χ4v) is 2.26. The zero-order chi connectivity index (χ0) is 17.0. The molecule has 0 radical (unpaired) electrons. The Morgan fingerprint density at radius 2 is 2.22 bits per heavy atom. The highest BCUT2D eigenvalue weighted by Gasteiger charge is 2.32. The normalized spacial score (nSPS) is 18.1. The van der Waals surface area contributed by atoms with Crippen molar-refractivity contribution in [1.82, 2.24) is 4.90 Å². The number of hydrogen-bond donors (Lipinski definition) is 2. The standard InChI is InChI=1S/C15H19F3N2O3/c1-2-7-23-13-4-3-10(15(16,17)18)8-12(13)19-14(22)20-6-5-11(21)9-20/h3-4,8,11,21H,2,5-7,9H2,1H3,(H,19,22)/t11-/m0/s1. The van der Waals surface area contributed by atoms with Crippen LogP contribution in [0.5, 0.6) is 5.75 Å². The third-order valence-electron chi connectivity index (χ3n) is 3.46. The van der Waals surface area contributed by atoms with Gasteiger partial charge < -0.3 is 20.1 Å². The maximum Gasteiger partial charge on any atom is 0.416 e. The van der Waals surface area contributed by atoms with E-state index in [0.29, 0.717) is 26.0 Å². The number of anilines is 1. The number of amides is 2. The van der Waals surface area contributed by atoms with E-state index in [-0.39, 0.29) is 18.0 Å². The van der Waals surface area contributed by atoms with Crippen LogP contribution in [0.15, 0.2) is 18.2 Å². The highest BCUT2D eigenvalue weighted by Crippen LogP contribution is 2.35. The van der Waals surface area contributed by atoms with E-state index in [0.717, 1.165) is 12.1 Å². The van der Waals surface area contributed by atoms with E-state index in [2.05, 4.69) is 5.32 Å². The lowest BCUT2D eigenvalue weighted by Gasteiger charge is -2.19. The molecular formula is C15H19F3N2O3. The van der Waals surface area contributed by atoms with Crippen LogP contribution >= 0.6 is 0 Å². The minimum absolute atomic E-state index is 0.0281. The molecule has 0 aliphatic carbocycles. The monoisotopic (exact) mass is 332 g/mol. The van der Waals surface area contributed by atoms with Crippen LogP contribution in [-0.2, 0) is 6.18 Å². The van der Waals surface area contributed by atoms with E-state index >= 15 is 0 Å². The van der Waals surface area contributed by atoms with E-state index < -0.39 is 23.9 Å². The molecule has 1 atom stereocenters. The van der Waals surface area contributed by atoms with Crippen LogP contribution in [0.25, 0.3) is 0 Å². The van der Waals surface area contributed by atoms with E-state index in [9.17, 15) is 23.1 Å². The van der Waals surface area contributed by atoms with Crippen molar-refractivity contribution in [3.8, 4) is 5.75 Å². The number of ether oxygens (including phenoxy) is 1. The Hall–Kier alpha value is -1.96. The highest BCUT2D eigenvalue weighted by molar-refractivity contribution is 5.91. The van der Waals surface area contributed by atoms with Crippen LogP contribution in [0.3, 0.4) is 0 Å².